The Balaban J connectivity index is 2.88. The summed E-state index contributed by atoms with van der Waals surface area (Å²) in [6.45, 7) is 0. The Labute approximate surface area is 90.5 Å². The summed E-state index contributed by atoms with van der Waals surface area (Å²) in [7, 11) is 0. The third-order valence-corrected chi connectivity index (χ3v) is 2.37. The quantitative estimate of drug-likeness (QED) is 0.730. The number of carbonyl (C=O) groups is 1. The number of fused-ring (bicyclic) bond motifs is 1. The van der Waals surface area contributed by atoms with Crippen LogP contribution in [0, 0.1) is 0 Å². The highest BCUT2D eigenvalue weighted by molar-refractivity contribution is 6.69. The van der Waals surface area contributed by atoms with Gasteiger partial charge in [-0.2, -0.15) is 0 Å². The maximum Gasteiger partial charge on any atom is 0.256 e. The fraction of sp³-hybridized carbons (Fsp3) is 0. The van der Waals surface area contributed by atoms with Gasteiger partial charge in [0.25, 0.3) is 5.24 Å². The first-order chi connectivity index (χ1) is 7.09. The van der Waals surface area contributed by atoms with Gasteiger partial charge in [0.05, 0.1) is 5.56 Å². The lowest BCUT2D eigenvalue weighted by atomic mass is 10.0. The molecule has 0 amide bonds. The molecule has 0 aliphatic carbocycles. The Morgan fingerprint density at radius 3 is 2.53 bits per heavy atom. The summed E-state index contributed by atoms with van der Waals surface area (Å²) in [5.41, 5.74) is 0.0640. The van der Waals surface area contributed by atoms with E-state index in [0.29, 0.717) is 10.8 Å². The summed E-state index contributed by atoms with van der Waals surface area (Å²) >= 11 is 5.37. The number of phenolic OH excluding ortho intramolecular Hbond substituents is 2. The van der Waals surface area contributed by atoms with Crippen LogP contribution >= 0.6 is 11.6 Å². The lowest BCUT2D eigenvalue weighted by molar-refractivity contribution is 0.108. The van der Waals surface area contributed by atoms with Crippen LogP contribution in [0.4, 0.5) is 0 Å². The molecule has 0 radical (unpaired) electrons. The van der Waals surface area contributed by atoms with Crippen molar-refractivity contribution in [1.82, 2.24) is 0 Å². The molecule has 0 aliphatic heterocycles. The van der Waals surface area contributed by atoms with Gasteiger partial charge in [-0.1, -0.05) is 6.07 Å². The molecule has 76 valence electrons. The molecule has 15 heavy (non-hydrogen) atoms. The predicted molar refractivity (Wildman–Crippen MR) is 57.5 cm³/mol. The van der Waals surface area contributed by atoms with Crippen LogP contribution in [0.2, 0.25) is 0 Å². The lowest BCUT2D eigenvalue weighted by Crippen LogP contribution is -1.91. The summed E-state index contributed by atoms with van der Waals surface area (Å²) in [4.78, 5) is 11.1. The molecular formula is C11H7ClO3. The number of hydrogen-bond acceptors (Lipinski definition) is 3. The van der Waals surface area contributed by atoms with E-state index in [1.165, 1.54) is 18.2 Å². The zero-order valence-electron chi connectivity index (χ0n) is 7.57. The van der Waals surface area contributed by atoms with E-state index in [0.717, 1.165) is 0 Å². The van der Waals surface area contributed by atoms with Crippen molar-refractivity contribution in [2.45, 2.75) is 0 Å². The molecule has 0 bridgehead atoms. The molecule has 0 aliphatic rings. The van der Waals surface area contributed by atoms with E-state index in [-0.39, 0.29) is 17.1 Å². The van der Waals surface area contributed by atoms with Gasteiger partial charge in [-0.15, -0.1) is 0 Å². The van der Waals surface area contributed by atoms with E-state index in [4.69, 9.17) is 11.6 Å². The third-order valence-electron chi connectivity index (χ3n) is 2.18. The van der Waals surface area contributed by atoms with E-state index in [1.54, 1.807) is 12.1 Å². The molecule has 0 aromatic heterocycles. The number of aromatic hydroxyl groups is 2. The van der Waals surface area contributed by atoms with Crippen molar-refractivity contribution >= 4 is 27.6 Å². The number of halogens is 1. The van der Waals surface area contributed by atoms with Crippen LogP contribution < -0.4 is 0 Å². The summed E-state index contributed by atoms with van der Waals surface area (Å²) in [6.07, 6.45) is 0. The minimum absolute atomic E-state index is 0.0640. The molecule has 2 N–H and O–H groups in total. The van der Waals surface area contributed by atoms with Crippen LogP contribution in [0.1, 0.15) is 10.4 Å². The van der Waals surface area contributed by atoms with Gasteiger partial charge in [-0.05, 0) is 46.6 Å². The highest BCUT2D eigenvalue weighted by Crippen LogP contribution is 2.30. The monoisotopic (exact) mass is 222 g/mol. The van der Waals surface area contributed by atoms with Gasteiger partial charge in [0, 0.05) is 0 Å². The molecule has 4 heteroatoms. The Bertz CT molecular complexity index is 549. The number of benzene rings is 2. The van der Waals surface area contributed by atoms with Crippen LogP contribution in [-0.4, -0.2) is 15.5 Å². The number of carbonyl (C=O) groups excluding carboxylic acids is 1. The molecule has 0 fully saturated rings. The van der Waals surface area contributed by atoms with Gasteiger partial charge in [0.15, 0.2) is 0 Å². The highest BCUT2D eigenvalue weighted by atomic mass is 35.5. The van der Waals surface area contributed by atoms with Gasteiger partial charge >= 0.3 is 0 Å². The van der Waals surface area contributed by atoms with Crippen LogP contribution in [0.5, 0.6) is 11.5 Å². The summed E-state index contributed by atoms with van der Waals surface area (Å²) in [6, 6.07) is 7.45. The van der Waals surface area contributed by atoms with Gasteiger partial charge < -0.3 is 10.2 Å². The molecule has 0 atom stereocenters. The average molecular weight is 223 g/mol. The SMILES string of the molecule is O=C(Cl)c1c(O)ccc2cc(O)ccc12. The molecule has 0 unspecified atom stereocenters. The van der Waals surface area contributed by atoms with Crippen LogP contribution in [0.3, 0.4) is 0 Å². The molecule has 2 aromatic rings. The Kier molecular flexibility index (Phi) is 2.25. The van der Waals surface area contributed by atoms with E-state index >= 15 is 0 Å². The topological polar surface area (TPSA) is 57.5 Å². The molecular weight excluding hydrogens is 216 g/mol. The summed E-state index contributed by atoms with van der Waals surface area (Å²) in [5.74, 6) is -0.0608. The van der Waals surface area contributed by atoms with Crippen molar-refractivity contribution in [3.05, 3.63) is 35.9 Å². The molecule has 2 aromatic carbocycles. The van der Waals surface area contributed by atoms with E-state index < -0.39 is 5.24 Å². The zero-order valence-corrected chi connectivity index (χ0v) is 8.32. The number of phenols is 2. The van der Waals surface area contributed by atoms with Crippen molar-refractivity contribution in [2.75, 3.05) is 0 Å². The second-order valence-corrected chi connectivity index (χ2v) is 3.48. The van der Waals surface area contributed by atoms with E-state index in [9.17, 15) is 15.0 Å². The second kappa shape index (κ2) is 3.44. The first-order valence-corrected chi connectivity index (χ1v) is 4.62. The minimum atomic E-state index is -0.719. The normalized spacial score (nSPS) is 10.5. The fourth-order valence-electron chi connectivity index (χ4n) is 1.51. The van der Waals surface area contributed by atoms with Crippen LogP contribution in [0.15, 0.2) is 30.3 Å². The van der Waals surface area contributed by atoms with E-state index in [1.807, 2.05) is 0 Å². The van der Waals surface area contributed by atoms with E-state index in [2.05, 4.69) is 0 Å². The molecule has 0 saturated heterocycles. The van der Waals surface area contributed by atoms with Gasteiger partial charge in [0.2, 0.25) is 0 Å². The average Bonchev–Trinajstić information content (AvgIpc) is 2.17. The summed E-state index contributed by atoms with van der Waals surface area (Å²) in [5, 5.41) is 19.2. The number of rotatable bonds is 1. The maximum absolute atomic E-state index is 11.1. The van der Waals surface area contributed by atoms with Crippen molar-refractivity contribution in [3.8, 4) is 11.5 Å². The second-order valence-electron chi connectivity index (χ2n) is 3.14. The van der Waals surface area contributed by atoms with Gasteiger partial charge in [-0.3, -0.25) is 4.79 Å². The lowest BCUT2D eigenvalue weighted by Gasteiger charge is -2.05. The molecule has 3 nitrogen and oxygen atoms in total. The largest absolute Gasteiger partial charge is 0.508 e. The van der Waals surface area contributed by atoms with Crippen molar-refractivity contribution in [1.29, 1.82) is 0 Å². The predicted octanol–water partition coefficient (Wildman–Crippen LogP) is 2.63. The first-order valence-electron chi connectivity index (χ1n) is 4.24. The van der Waals surface area contributed by atoms with Crippen molar-refractivity contribution < 1.29 is 15.0 Å². The van der Waals surface area contributed by atoms with Crippen molar-refractivity contribution in [2.24, 2.45) is 0 Å². The van der Waals surface area contributed by atoms with Gasteiger partial charge in [-0.25, -0.2) is 0 Å². The molecule has 2 rings (SSSR count). The Morgan fingerprint density at radius 1 is 1.13 bits per heavy atom. The standard InChI is InChI=1S/C11H7ClO3/c12-11(15)10-8-3-2-7(13)5-6(8)1-4-9(10)14/h1-5,13-14H. The highest BCUT2D eigenvalue weighted by Gasteiger charge is 2.12. The van der Waals surface area contributed by atoms with Crippen LogP contribution in [-0.2, 0) is 0 Å². The third kappa shape index (κ3) is 1.62. The molecule has 0 heterocycles. The zero-order chi connectivity index (χ0) is 11.0. The maximum atomic E-state index is 11.1. The smallest absolute Gasteiger partial charge is 0.256 e. The Morgan fingerprint density at radius 2 is 1.87 bits per heavy atom. The molecule has 0 saturated carbocycles. The Hall–Kier alpha value is -1.74. The van der Waals surface area contributed by atoms with Crippen molar-refractivity contribution in [3.63, 3.8) is 0 Å². The molecule has 0 spiro atoms. The minimum Gasteiger partial charge on any atom is -0.508 e. The number of hydrogen-bond donors (Lipinski definition) is 2. The van der Waals surface area contributed by atoms with Gasteiger partial charge in [0.1, 0.15) is 11.5 Å². The fourth-order valence-corrected chi connectivity index (χ4v) is 1.71. The van der Waals surface area contributed by atoms with Crippen LogP contribution in [0.25, 0.3) is 10.8 Å². The first kappa shape index (κ1) is 9.80. The summed E-state index contributed by atoms with van der Waals surface area (Å²) < 4.78 is 0.